The Labute approximate surface area is 206 Å². The fourth-order valence-electron chi connectivity index (χ4n) is 5.44. The van der Waals surface area contributed by atoms with E-state index in [0.717, 1.165) is 71.6 Å². The lowest BCUT2D eigenvalue weighted by Crippen LogP contribution is -2.27. The van der Waals surface area contributed by atoms with E-state index in [9.17, 15) is 9.59 Å². The molecule has 6 rings (SSSR count). The van der Waals surface area contributed by atoms with E-state index >= 15 is 0 Å². The van der Waals surface area contributed by atoms with Gasteiger partial charge in [0.25, 0.3) is 5.56 Å². The fourth-order valence-corrected chi connectivity index (χ4v) is 7.60. The number of nitrogens with one attached hydrogen (secondary N) is 1. The standard InChI is InChI=1S/C27H27N3O2S2/c31-23(28-21-14-7-9-17-8-1-4-12-19(17)21)16-33-27-29-25-24(20-13-5-6-15-22(20)34-25)26(32)30(27)18-10-2-3-11-18/h1,4,7-9,12,14,18H,2-3,5-6,10-11,13,15-16H2,(H,28,31). The second-order valence-electron chi connectivity index (χ2n) is 9.26. The van der Waals surface area contributed by atoms with E-state index in [4.69, 9.17) is 4.98 Å². The monoisotopic (exact) mass is 489 g/mol. The van der Waals surface area contributed by atoms with Crippen molar-refractivity contribution in [3.63, 3.8) is 0 Å². The Morgan fingerprint density at radius 1 is 1.06 bits per heavy atom. The van der Waals surface area contributed by atoms with E-state index in [1.807, 2.05) is 47.0 Å². The third kappa shape index (κ3) is 3.95. The Kier molecular flexibility index (Phi) is 5.91. The third-order valence-electron chi connectivity index (χ3n) is 7.07. The van der Waals surface area contributed by atoms with Crippen molar-refractivity contribution in [2.75, 3.05) is 11.1 Å². The summed E-state index contributed by atoms with van der Waals surface area (Å²) in [6.07, 6.45) is 8.67. The summed E-state index contributed by atoms with van der Waals surface area (Å²) < 4.78 is 1.92. The van der Waals surface area contributed by atoms with Crippen LogP contribution < -0.4 is 10.9 Å². The van der Waals surface area contributed by atoms with Gasteiger partial charge in [-0.2, -0.15) is 0 Å². The number of aromatic nitrogens is 2. The first-order valence-electron chi connectivity index (χ1n) is 12.2. The van der Waals surface area contributed by atoms with E-state index in [2.05, 4.69) is 5.32 Å². The quantitative estimate of drug-likeness (QED) is 0.263. The largest absolute Gasteiger partial charge is 0.325 e. The molecular weight excluding hydrogens is 462 g/mol. The number of benzene rings is 2. The highest BCUT2D eigenvalue weighted by atomic mass is 32.2. The molecule has 2 aromatic carbocycles. The number of hydrogen-bond donors (Lipinski definition) is 1. The minimum absolute atomic E-state index is 0.0841. The molecule has 0 saturated heterocycles. The molecule has 0 aliphatic heterocycles. The number of hydrogen-bond acceptors (Lipinski definition) is 5. The van der Waals surface area contributed by atoms with Crippen LogP contribution in [-0.4, -0.2) is 21.2 Å². The van der Waals surface area contributed by atoms with Gasteiger partial charge in [0.15, 0.2) is 5.16 Å². The molecule has 2 heterocycles. The van der Waals surface area contributed by atoms with Crippen molar-refractivity contribution in [1.82, 2.24) is 9.55 Å². The molecule has 4 aromatic rings. The molecule has 34 heavy (non-hydrogen) atoms. The van der Waals surface area contributed by atoms with Crippen LogP contribution in [0.1, 0.15) is 55.0 Å². The first kappa shape index (κ1) is 21.9. The zero-order valence-electron chi connectivity index (χ0n) is 19.0. The normalized spacial score (nSPS) is 16.2. The lowest BCUT2D eigenvalue weighted by molar-refractivity contribution is -0.113. The minimum atomic E-state index is -0.0841. The summed E-state index contributed by atoms with van der Waals surface area (Å²) in [5.74, 6) is 0.137. The number of anilines is 1. The molecule has 1 fully saturated rings. The van der Waals surface area contributed by atoms with Crippen molar-refractivity contribution in [2.45, 2.75) is 62.6 Å². The summed E-state index contributed by atoms with van der Waals surface area (Å²) in [6, 6.07) is 14.1. The molecule has 2 aliphatic carbocycles. The molecule has 2 aliphatic rings. The van der Waals surface area contributed by atoms with Crippen LogP contribution in [0.5, 0.6) is 0 Å². The molecule has 0 atom stereocenters. The Hall–Kier alpha value is -2.64. The van der Waals surface area contributed by atoms with E-state index in [-0.39, 0.29) is 23.3 Å². The number of carbonyl (C=O) groups is 1. The molecule has 1 amide bonds. The van der Waals surface area contributed by atoms with Gasteiger partial charge >= 0.3 is 0 Å². The first-order valence-corrected chi connectivity index (χ1v) is 14.0. The Morgan fingerprint density at radius 2 is 1.85 bits per heavy atom. The van der Waals surface area contributed by atoms with Crippen molar-refractivity contribution in [2.24, 2.45) is 0 Å². The second-order valence-corrected chi connectivity index (χ2v) is 11.3. The average Bonchev–Trinajstić information content (AvgIpc) is 3.51. The van der Waals surface area contributed by atoms with E-state index in [1.54, 1.807) is 11.3 Å². The molecule has 5 nitrogen and oxygen atoms in total. The summed E-state index contributed by atoms with van der Waals surface area (Å²) in [5, 5.41) is 6.72. The predicted octanol–water partition coefficient (Wildman–Crippen LogP) is 6.34. The van der Waals surface area contributed by atoms with Crippen LogP contribution in [0.25, 0.3) is 21.0 Å². The van der Waals surface area contributed by atoms with Gasteiger partial charge in [0.05, 0.1) is 11.1 Å². The third-order valence-corrected chi connectivity index (χ3v) is 9.21. The summed E-state index contributed by atoms with van der Waals surface area (Å²) in [7, 11) is 0. The molecule has 174 valence electrons. The highest BCUT2D eigenvalue weighted by Crippen LogP contribution is 2.37. The van der Waals surface area contributed by atoms with Crippen molar-refractivity contribution >= 4 is 55.7 Å². The lowest BCUT2D eigenvalue weighted by Gasteiger charge is -2.18. The van der Waals surface area contributed by atoms with Crippen LogP contribution in [0, 0.1) is 0 Å². The zero-order valence-corrected chi connectivity index (χ0v) is 20.6. The van der Waals surface area contributed by atoms with Gasteiger partial charge in [-0.3, -0.25) is 14.2 Å². The summed E-state index contributed by atoms with van der Waals surface area (Å²) in [4.78, 5) is 33.9. The van der Waals surface area contributed by atoms with Gasteiger partial charge in [-0.25, -0.2) is 4.98 Å². The highest BCUT2D eigenvalue weighted by molar-refractivity contribution is 7.99. The number of nitrogens with zero attached hydrogens (tertiary/aromatic N) is 2. The molecule has 7 heteroatoms. The Bertz CT molecular complexity index is 1440. The topological polar surface area (TPSA) is 64.0 Å². The maximum atomic E-state index is 13.8. The Balaban J connectivity index is 1.31. The first-order chi connectivity index (χ1) is 16.7. The van der Waals surface area contributed by atoms with Gasteiger partial charge in [-0.15, -0.1) is 11.3 Å². The summed E-state index contributed by atoms with van der Waals surface area (Å²) >= 11 is 3.07. The maximum Gasteiger partial charge on any atom is 0.263 e. The average molecular weight is 490 g/mol. The van der Waals surface area contributed by atoms with Gasteiger partial charge in [-0.1, -0.05) is 61.0 Å². The predicted molar refractivity (Wildman–Crippen MR) is 141 cm³/mol. The van der Waals surface area contributed by atoms with Crippen molar-refractivity contribution < 1.29 is 4.79 Å². The van der Waals surface area contributed by atoms with Crippen LogP contribution in [0.3, 0.4) is 0 Å². The lowest BCUT2D eigenvalue weighted by atomic mass is 9.97. The fraction of sp³-hybridized carbons (Fsp3) is 0.370. The molecule has 2 aromatic heterocycles. The van der Waals surface area contributed by atoms with Crippen LogP contribution in [-0.2, 0) is 17.6 Å². The molecule has 0 unspecified atom stereocenters. The number of fused-ring (bicyclic) bond motifs is 4. The number of thiophene rings is 1. The van der Waals surface area contributed by atoms with Crippen LogP contribution >= 0.6 is 23.1 Å². The van der Waals surface area contributed by atoms with Gasteiger partial charge in [-0.05, 0) is 55.5 Å². The second kappa shape index (κ2) is 9.19. The molecule has 0 radical (unpaired) electrons. The van der Waals surface area contributed by atoms with Crippen LogP contribution in [0.2, 0.25) is 0 Å². The van der Waals surface area contributed by atoms with Crippen molar-refractivity contribution in [3.05, 3.63) is 63.3 Å². The van der Waals surface area contributed by atoms with E-state index < -0.39 is 0 Å². The number of aryl methyl sites for hydroxylation is 2. The van der Waals surface area contributed by atoms with Crippen molar-refractivity contribution in [1.29, 1.82) is 0 Å². The molecule has 0 bridgehead atoms. The zero-order chi connectivity index (χ0) is 23.1. The van der Waals surface area contributed by atoms with Gasteiger partial charge < -0.3 is 5.32 Å². The van der Waals surface area contributed by atoms with E-state index in [0.29, 0.717) is 5.16 Å². The maximum absolute atomic E-state index is 13.8. The molecular formula is C27H27N3O2S2. The number of thioether (sulfide) groups is 1. The smallest absolute Gasteiger partial charge is 0.263 e. The summed E-state index contributed by atoms with van der Waals surface area (Å²) in [5.41, 5.74) is 2.15. The Morgan fingerprint density at radius 3 is 2.74 bits per heavy atom. The van der Waals surface area contributed by atoms with Crippen LogP contribution in [0.15, 0.2) is 52.4 Å². The molecule has 0 spiro atoms. The van der Waals surface area contributed by atoms with Crippen LogP contribution in [0.4, 0.5) is 5.69 Å². The summed E-state index contributed by atoms with van der Waals surface area (Å²) in [6.45, 7) is 0. The van der Waals surface area contributed by atoms with Crippen molar-refractivity contribution in [3.8, 4) is 0 Å². The van der Waals surface area contributed by atoms with Gasteiger partial charge in [0.1, 0.15) is 4.83 Å². The highest BCUT2D eigenvalue weighted by Gasteiger charge is 2.27. The minimum Gasteiger partial charge on any atom is -0.325 e. The SMILES string of the molecule is O=C(CSc1nc2sc3c(c2c(=O)n1C1CCCC1)CCCC3)Nc1cccc2ccccc12. The van der Waals surface area contributed by atoms with E-state index in [1.165, 1.54) is 28.6 Å². The number of rotatable bonds is 5. The number of carbonyl (C=O) groups excluding carboxylic acids is 1. The van der Waals surface area contributed by atoms with Gasteiger partial charge in [0, 0.05) is 22.0 Å². The van der Waals surface area contributed by atoms with Gasteiger partial charge in [0.2, 0.25) is 5.91 Å². The molecule has 1 saturated carbocycles. The molecule has 1 N–H and O–H groups in total. The number of amides is 1.